The van der Waals surface area contributed by atoms with Gasteiger partial charge in [-0.3, -0.25) is 0 Å². The Bertz CT molecular complexity index is 768. The van der Waals surface area contributed by atoms with Crippen molar-refractivity contribution < 1.29 is 8.42 Å². The predicted molar refractivity (Wildman–Crippen MR) is 84.0 cm³/mol. The summed E-state index contributed by atoms with van der Waals surface area (Å²) in [5.74, 6) is 0.141. The lowest BCUT2D eigenvalue weighted by Crippen LogP contribution is -2.26. The van der Waals surface area contributed by atoms with E-state index in [4.69, 9.17) is 0 Å². The molecule has 1 aliphatic rings. The van der Waals surface area contributed by atoms with Crippen LogP contribution < -0.4 is 5.32 Å². The molecule has 0 radical (unpaired) electrons. The van der Waals surface area contributed by atoms with Crippen molar-refractivity contribution in [2.75, 3.05) is 5.75 Å². The molecule has 0 saturated carbocycles. The van der Waals surface area contributed by atoms with Crippen molar-refractivity contribution in [3.8, 4) is 0 Å². The molecule has 0 fully saturated rings. The molecule has 110 valence electrons. The Hall–Kier alpha value is -1.65. The summed E-state index contributed by atoms with van der Waals surface area (Å²) in [7, 11) is -3.16. The first kappa shape index (κ1) is 14.3. The van der Waals surface area contributed by atoms with Crippen LogP contribution in [0.25, 0.3) is 0 Å². The number of aryl methyl sites for hydroxylation is 1. The van der Waals surface area contributed by atoms with E-state index in [0.29, 0.717) is 4.90 Å². The third-order valence-electron chi connectivity index (χ3n) is 4.12. The second-order valence-corrected chi connectivity index (χ2v) is 7.62. The zero-order valence-corrected chi connectivity index (χ0v) is 13.0. The van der Waals surface area contributed by atoms with E-state index in [9.17, 15) is 8.42 Å². The lowest BCUT2D eigenvalue weighted by molar-refractivity contribution is 0.495. The number of fused-ring (bicyclic) bond motifs is 1. The summed E-state index contributed by atoms with van der Waals surface area (Å²) in [4.78, 5) is 0.472. The smallest absolute Gasteiger partial charge is 0.180 e. The van der Waals surface area contributed by atoms with Gasteiger partial charge in [-0.15, -0.1) is 0 Å². The number of sulfone groups is 1. The van der Waals surface area contributed by atoms with Gasteiger partial charge in [-0.1, -0.05) is 42.5 Å². The summed E-state index contributed by atoms with van der Waals surface area (Å²) < 4.78 is 24.4. The van der Waals surface area contributed by atoms with Crippen LogP contribution in [0.5, 0.6) is 0 Å². The van der Waals surface area contributed by atoms with Crippen molar-refractivity contribution in [3.05, 3.63) is 65.2 Å². The number of hydrogen-bond acceptors (Lipinski definition) is 3. The highest BCUT2D eigenvalue weighted by Gasteiger charge is 2.34. The van der Waals surface area contributed by atoms with Crippen LogP contribution in [-0.2, 0) is 9.84 Å². The van der Waals surface area contributed by atoms with Crippen molar-refractivity contribution in [2.24, 2.45) is 0 Å². The second kappa shape index (κ2) is 5.28. The average molecular weight is 301 g/mol. The van der Waals surface area contributed by atoms with Crippen LogP contribution in [0.3, 0.4) is 0 Å². The van der Waals surface area contributed by atoms with Crippen molar-refractivity contribution in [1.82, 2.24) is 5.32 Å². The number of benzene rings is 2. The molecule has 4 heteroatoms. The van der Waals surface area contributed by atoms with Gasteiger partial charge in [-0.25, -0.2) is 8.42 Å². The Balaban J connectivity index is 1.89. The minimum Gasteiger partial charge on any atom is -0.302 e. The lowest BCUT2D eigenvalue weighted by atomic mass is 10.0. The maximum absolute atomic E-state index is 12.2. The molecule has 1 N–H and O–H groups in total. The standard InChI is InChI=1S/C17H19NO2S/c1-12-7-3-4-8-14(12)13(2)18-16-11-21(19,20)17-10-6-5-9-15(16)17/h3-10,13,16,18H,11H2,1-2H3. The first-order valence-electron chi connectivity index (χ1n) is 7.12. The molecule has 2 atom stereocenters. The Kier molecular flexibility index (Phi) is 3.59. The zero-order chi connectivity index (χ0) is 15.0. The molecule has 0 saturated heterocycles. The molecule has 0 bridgehead atoms. The highest BCUT2D eigenvalue weighted by Crippen LogP contribution is 2.34. The topological polar surface area (TPSA) is 46.2 Å². The molecule has 3 rings (SSSR count). The number of rotatable bonds is 3. The first-order chi connectivity index (χ1) is 9.99. The fourth-order valence-electron chi connectivity index (χ4n) is 3.05. The van der Waals surface area contributed by atoms with Crippen LogP contribution >= 0.6 is 0 Å². The molecule has 1 heterocycles. The van der Waals surface area contributed by atoms with E-state index < -0.39 is 9.84 Å². The highest BCUT2D eigenvalue weighted by atomic mass is 32.2. The summed E-state index contributed by atoms with van der Waals surface area (Å²) >= 11 is 0. The van der Waals surface area contributed by atoms with Gasteiger partial charge in [0.25, 0.3) is 0 Å². The molecule has 1 aliphatic heterocycles. The monoisotopic (exact) mass is 301 g/mol. The molecule has 21 heavy (non-hydrogen) atoms. The van der Waals surface area contributed by atoms with Crippen molar-refractivity contribution in [2.45, 2.75) is 30.8 Å². The Morgan fingerprint density at radius 2 is 1.76 bits per heavy atom. The number of nitrogens with one attached hydrogen (secondary N) is 1. The van der Waals surface area contributed by atoms with E-state index in [1.165, 1.54) is 11.1 Å². The van der Waals surface area contributed by atoms with Crippen molar-refractivity contribution in [3.63, 3.8) is 0 Å². The largest absolute Gasteiger partial charge is 0.302 e. The quantitative estimate of drug-likeness (QED) is 0.947. The van der Waals surface area contributed by atoms with Gasteiger partial charge in [0.15, 0.2) is 9.84 Å². The minimum absolute atomic E-state index is 0.109. The second-order valence-electron chi connectivity index (χ2n) is 5.62. The van der Waals surface area contributed by atoms with Gasteiger partial charge in [-0.2, -0.15) is 0 Å². The van der Waals surface area contributed by atoms with Crippen LogP contribution in [0.15, 0.2) is 53.4 Å². The molecular formula is C17H19NO2S. The molecule has 0 aliphatic carbocycles. The highest BCUT2D eigenvalue weighted by molar-refractivity contribution is 7.91. The fraction of sp³-hybridized carbons (Fsp3) is 0.294. The first-order valence-corrected chi connectivity index (χ1v) is 8.77. The molecule has 0 aromatic heterocycles. The Labute approximate surface area is 125 Å². The van der Waals surface area contributed by atoms with Gasteiger partial charge >= 0.3 is 0 Å². The average Bonchev–Trinajstić information content (AvgIpc) is 2.71. The lowest BCUT2D eigenvalue weighted by Gasteiger charge is -2.21. The van der Waals surface area contributed by atoms with Crippen molar-refractivity contribution in [1.29, 1.82) is 0 Å². The van der Waals surface area contributed by atoms with Gasteiger partial charge in [0.05, 0.1) is 10.6 Å². The summed E-state index contributed by atoms with van der Waals surface area (Å²) in [6.45, 7) is 4.16. The molecule has 0 spiro atoms. The molecule has 3 nitrogen and oxygen atoms in total. The van der Waals surface area contributed by atoms with Gasteiger partial charge in [-0.05, 0) is 36.6 Å². The maximum atomic E-state index is 12.2. The van der Waals surface area contributed by atoms with Gasteiger partial charge in [0.2, 0.25) is 0 Å². The van der Waals surface area contributed by atoms with E-state index >= 15 is 0 Å². The predicted octanol–water partition coefficient (Wildman–Crippen LogP) is 3.17. The molecule has 2 aromatic carbocycles. The summed E-state index contributed by atoms with van der Waals surface area (Å²) in [6.07, 6.45) is 0. The maximum Gasteiger partial charge on any atom is 0.180 e. The SMILES string of the molecule is Cc1ccccc1C(C)NC1CS(=O)(=O)c2ccccc21. The zero-order valence-electron chi connectivity index (χ0n) is 12.2. The minimum atomic E-state index is -3.16. The summed E-state index contributed by atoms with van der Waals surface area (Å²) in [5, 5.41) is 3.47. The van der Waals surface area contributed by atoms with Crippen LogP contribution in [0.1, 0.15) is 35.7 Å². The van der Waals surface area contributed by atoms with Crippen molar-refractivity contribution >= 4 is 9.84 Å². The number of hydrogen-bond donors (Lipinski definition) is 1. The summed E-state index contributed by atoms with van der Waals surface area (Å²) in [5.41, 5.74) is 3.31. The molecule has 2 unspecified atom stereocenters. The van der Waals surface area contributed by atoms with E-state index in [0.717, 1.165) is 5.56 Å². The van der Waals surface area contributed by atoms with Crippen LogP contribution in [0, 0.1) is 6.92 Å². The van der Waals surface area contributed by atoms with E-state index in [2.05, 4.69) is 31.3 Å². The van der Waals surface area contributed by atoms with Crippen LogP contribution in [0.2, 0.25) is 0 Å². The van der Waals surface area contributed by atoms with Gasteiger partial charge in [0, 0.05) is 12.1 Å². The van der Waals surface area contributed by atoms with Gasteiger partial charge in [0.1, 0.15) is 0 Å². The molecule has 0 amide bonds. The Morgan fingerprint density at radius 3 is 2.52 bits per heavy atom. The fourth-order valence-corrected chi connectivity index (χ4v) is 4.80. The third-order valence-corrected chi connectivity index (χ3v) is 5.94. The Morgan fingerprint density at radius 1 is 1.10 bits per heavy atom. The molecule has 2 aromatic rings. The van der Waals surface area contributed by atoms with E-state index in [-0.39, 0.29) is 17.8 Å². The van der Waals surface area contributed by atoms with E-state index in [1.807, 2.05) is 24.3 Å². The van der Waals surface area contributed by atoms with E-state index in [1.54, 1.807) is 12.1 Å². The van der Waals surface area contributed by atoms with Crippen LogP contribution in [0.4, 0.5) is 0 Å². The third kappa shape index (κ3) is 2.61. The van der Waals surface area contributed by atoms with Gasteiger partial charge < -0.3 is 5.32 Å². The molecular weight excluding hydrogens is 282 g/mol. The van der Waals surface area contributed by atoms with Crippen LogP contribution in [-0.4, -0.2) is 14.2 Å². The summed E-state index contributed by atoms with van der Waals surface area (Å²) in [6, 6.07) is 15.4. The normalized spacial score (nSPS) is 21.0.